The molecule has 0 spiro atoms. The van der Waals surface area contributed by atoms with Gasteiger partial charge in [0, 0.05) is 18.8 Å². The maximum atomic E-state index is 6.02. The van der Waals surface area contributed by atoms with Crippen LogP contribution >= 0.6 is 12.4 Å². The van der Waals surface area contributed by atoms with Crippen LogP contribution in [0.3, 0.4) is 0 Å². The second-order valence-corrected chi connectivity index (χ2v) is 7.89. The van der Waals surface area contributed by atoms with E-state index in [0.29, 0.717) is 28.8 Å². The number of aromatic nitrogens is 5. The van der Waals surface area contributed by atoms with Crippen LogP contribution in [0.15, 0.2) is 29.2 Å². The third kappa shape index (κ3) is 3.93. The van der Waals surface area contributed by atoms with Gasteiger partial charge in [-0.2, -0.15) is 0 Å². The van der Waals surface area contributed by atoms with Crippen molar-refractivity contribution >= 4 is 46.4 Å². The fourth-order valence-corrected chi connectivity index (χ4v) is 3.74. The smallest absolute Gasteiger partial charge is 0.229 e. The number of aryl methyl sites for hydroxylation is 2. The lowest BCUT2D eigenvalue weighted by molar-refractivity contribution is 0.240. The predicted octanol–water partition coefficient (Wildman–Crippen LogP) is 3.69. The summed E-state index contributed by atoms with van der Waals surface area (Å²) in [5, 5.41) is 4.40. The second kappa shape index (κ2) is 8.14. The Morgan fingerprint density at radius 3 is 2.58 bits per heavy atom. The molecule has 0 aromatic carbocycles. The van der Waals surface area contributed by atoms with E-state index in [4.69, 9.17) is 9.15 Å². The molecule has 0 bridgehead atoms. The fourth-order valence-electron chi connectivity index (χ4n) is 3.74. The molecular weight excluding hydrogens is 418 g/mol. The molecule has 0 saturated carbocycles. The summed E-state index contributed by atoms with van der Waals surface area (Å²) in [6.07, 6.45) is 5.08. The standard InChI is InChI=1S/C21H23N7O2.ClH/c1-11(2)29-15-6-22-21(23-7-15)28-8-14(9-28)27-19-18-17(24-10-25-19)16-12(3)5-13(4)26-20(16)30-18;/h5-7,10-11,14H,8-9H2,1-4H3,(H,24,25,27);1H. The van der Waals surface area contributed by atoms with Crippen molar-refractivity contribution in [3.8, 4) is 5.75 Å². The molecule has 1 saturated heterocycles. The van der Waals surface area contributed by atoms with Gasteiger partial charge in [0.15, 0.2) is 17.2 Å². The van der Waals surface area contributed by atoms with Crippen LogP contribution < -0.4 is 15.0 Å². The average molecular weight is 442 g/mol. The van der Waals surface area contributed by atoms with Gasteiger partial charge in [0.05, 0.1) is 29.9 Å². The zero-order chi connectivity index (χ0) is 20.8. The maximum absolute atomic E-state index is 6.02. The van der Waals surface area contributed by atoms with Crippen molar-refractivity contribution in [1.29, 1.82) is 0 Å². The summed E-state index contributed by atoms with van der Waals surface area (Å²) in [4.78, 5) is 24.2. The Kier molecular flexibility index (Phi) is 5.53. The predicted molar refractivity (Wildman–Crippen MR) is 121 cm³/mol. The minimum Gasteiger partial charge on any atom is -0.488 e. The van der Waals surface area contributed by atoms with E-state index in [1.165, 1.54) is 0 Å². The number of ether oxygens (including phenoxy) is 1. The highest BCUT2D eigenvalue weighted by Crippen LogP contribution is 2.33. The summed E-state index contributed by atoms with van der Waals surface area (Å²) in [6.45, 7) is 9.49. The Balaban J connectivity index is 0.00000231. The van der Waals surface area contributed by atoms with E-state index in [0.717, 1.165) is 35.2 Å². The highest BCUT2D eigenvalue weighted by molar-refractivity contribution is 6.06. The number of fused-ring (bicyclic) bond motifs is 3. The van der Waals surface area contributed by atoms with Crippen LogP contribution in [-0.4, -0.2) is 50.2 Å². The molecule has 1 fully saturated rings. The number of halogens is 1. The third-order valence-electron chi connectivity index (χ3n) is 5.04. The quantitative estimate of drug-likeness (QED) is 0.496. The third-order valence-corrected chi connectivity index (χ3v) is 5.04. The molecule has 9 nitrogen and oxygen atoms in total. The van der Waals surface area contributed by atoms with Crippen molar-refractivity contribution in [2.45, 2.75) is 39.8 Å². The molecule has 31 heavy (non-hydrogen) atoms. The van der Waals surface area contributed by atoms with E-state index < -0.39 is 0 Å². The highest BCUT2D eigenvalue weighted by Gasteiger charge is 2.30. The molecule has 1 aliphatic heterocycles. The molecule has 1 aliphatic rings. The van der Waals surface area contributed by atoms with Gasteiger partial charge in [-0.1, -0.05) is 0 Å². The van der Waals surface area contributed by atoms with Crippen molar-refractivity contribution in [2.24, 2.45) is 0 Å². The number of furan rings is 1. The Morgan fingerprint density at radius 2 is 1.87 bits per heavy atom. The SMILES string of the molecule is Cc1cc(C)c2c(n1)oc1c(NC3CN(c4ncc(OC(C)C)cn4)C3)ncnc12.Cl. The highest BCUT2D eigenvalue weighted by atomic mass is 35.5. The first-order valence-corrected chi connectivity index (χ1v) is 9.99. The zero-order valence-electron chi connectivity index (χ0n) is 17.8. The van der Waals surface area contributed by atoms with Crippen LogP contribution in [0.25, 0.3) is 22.2 Å². The molecule has 5 rings (SSSR count). The molecule has 1 N–H and O–H groups in total. The Labute approximate surface area is 185 Å². The number of nitrogens with one attached hydrogen (secondary N) is 1. The minimum atomic E-state index is 0. The van der Waals surface area contributed by atoms with E-state index in [9.17, 15) is 0 Å². The summed E-state index contributed by atoms with van der Waals surface area (Å²) >= 11 is 0. The lowest BCUT2D eigenvalue weighted by atomic mass is 10.1. The lowest BCUT2D eigenvalue weighted by Crippen LogP contribution is -2.55. The van der Waals surface area contributed by atoms with E-state index >= 15 is 0 Å². The number of hydrogen-bond donors (Lipinski definition) is 1. The van der Waals surface area contributed by atoms with Gasteiger partial charge in [-0.05, 0) is 39.3 Å². The van der Waals surface area contributed by atoms with Crippen LogP contribution in [0.2, 0.25) is 0 Å². The van der Waals surface area contributed by atoms with Crippen molar-refractivity contribution in [3.05, 3.63) is 36.0 Å². The van der Waals surface area contributed by atoms with Crippen molar-refractivity contribution in [3.63, 3.8) is 0 Å². The summed E-state index contributed by atoms with van der Waals surface area (Å²) in [6, 6.07) is 2.25. The van der Waals surface area contributed by atoms with Crippen LogP contribution in [0.1, 0.15) is 25.1 Å². The molecule has 0 aliphatic carbocycles. The first kappa shape index (κ1) is 21.0. The normalized spacial score (nSPS) is 14.0. The second-order valence-electron chi connectivity index (χ2n) is 7.89. The van der Waals surface area contributed by atoms with E-state index in [1.54, 1.807) is 18.7 Å². The lowest BCUT2D eigenvalue weighted by Gasteiger charge is -2.39. The first-order valence-electron chi connectivity index (χ1n) is 9.99. The largest absolute Gasteiger partial charge is 0.488 e. The van der Waals surface area contributed by atoms with Crippen LogP contribution in [0, 0.1) is 13.8 Å². The van der Waals surface area contributed by atoms with E-state index in [2.05, 4.69) is 35.1 Å². The molecular formula is C21H24ClN7O2. The van der Waals surface area contributed by atoms with Crippen LogP contribution in [-0.2, 0) is 0 Å². The zero-order valence-corrected chi connectivity index (χ0v) is 18.6. The van der Waals surface area contributed by atoms with Gasteiger partial charge in [-0.3, -0.25) is 0 Å². The molecule has 0 atom stereocenters. The van der Waals surface area contributed by atoms with E-state index in [-0.39, 0.29) is 24.6 Å². The van der Waals surface area contributed by atoms with Gasteiger partial charge < -0.3 is 19.4 Å². The van der Waals surface area contributed by atoms with Crippen LogP contribution in [0.5, 0.6) is 5.75 Å². The molecule has 0 unspecified atom stereocenters. The molecule has 0 radical (unpaired) electrons. The van der Waals surface area contributed by atoms with Gasteiger partial charge in [0.2, 0.25) is 11.7 Å². The number of nitrogens with zero attached hydrogens (tertiary/aromatic N) is 6. The number of anilines is 2. The van der Waals surface area contributed by atoms with E-state index in [1.807, 2.05) is 33.8 Å². The minimum absolute atomic E-state index is 0. The Hall–Kier alpha value is -3.20. The van der Waals surface area contributed by atoms with Gasteiger partial charge in [0.25, 0.3) is 0 Å². The average Bonchev–Trinajstić information content (AvgIpc) is 3.04. The fraction of sp³-hybridized carbons (Fsp3) is 0.381. The molecule has 162 valence electrons. The number of pyridine rings is 1. The van der Waals surface area contributed by atoms with Gasteiger partial charge in [-0.15, -0.1) is 12.4 Å². The summed E-state index contributed by atoms with van der Waals surface area (Å²) in [7, 11) is 0. The molecule has 4 aromatic rings. The maximum Gasteiger partial charge on any atom is 0.229 e. The van der Waals surface area contributed by atoms with Gasteiger partial charge >= 0.3 is 0 Å². The van der Waals surface area contributed by atoms with Crippen LogP contribution in [0.4, 0.5) is 11.8 Å². The van der Waals surface area contributed by atoms with Crippen molar-refractivity contribution < 1.29 is 9.15 Å². The topological polar surface area (TPSA) is 102 Å². The number of hydrogen-bond acceptors (Lipinski definition) is 9. The molecule has 10 heteroatoms. The summed E-state index contributed by atoms with van der Waals surface area (Å²) in [5.74, 6) is 2.05. The monoisotopic (exact) mass is 441 g/mol. The Bertz CT molecular complexity index is 1220. The summed E-state index contributed by atoms with van der Waals surface area (Å²) < 4.78 is 11.6. The van der Waals surface area contributed by atoms with Crippen molar-refractivity contribution in [2.75, 3.05) is 23.3 Å². The Morgan fingerprint density at radius 1 is 1.13 bits per heavy atom. The molecule has 4 aromatic heterocycles. The first-order chi connectivity index (χ1) is 14.5. The molecule has 0 amide bonds. The summed E-state index contributed by atoms with van der Waals surface area (Å²) in [5.41, 5.74) is 4.03. The van der Waals surface area contributed by atoms with Crippen molar-refractivity contribution in [1.82, 2.24) is 24.9 Å². The van der Waals surface area contributed by atoms with Gasteiger partial charge in [-0.25, -0.2) is 24.9 Å². The molecule has 5 heterocycles. The van der Waals surface area contributed by atoms with Gasteiger partial charge in [0.1, 0.15) is 11.8 Å². The number of rotatable bonds is 5.